The largest absolute Gasteiger partial charge is 0.131 e. The first-order valence-electron chi connectivity index (χ1n) is 5.60. The molecule has 13 heavy (non-hydrogen) atoms. The summed E-state index contributed by atoms with van der Waals surface area (Å²) in [5, 5.41) is 0. The smallest absolute Gasteiger partial charge is 0.129 e. The van der Waals surface area contributed by atoms with Gasteiger partial charge in [-0.15, -0.1) is 11.5 Å². The van der Waals surface area contributed by atoms with Crippen LogP contribution in [-0.4, -0.2) is 8.07 Å². The van der Waals surface area contributed by atoms with Crippen molar-refractivity contribution in [1.82, 2.24) is 0 Å². The van der Waals surface area contributed by atoms with E-state index in [0.29, 0.717) is 5.41 Å². The number of hydrogen-bond donors (Lipinski definition) is 0. The lowest BCUT2D eigenvalue weighted by atomic mass is 9.83. The van der Waals surface area contributed by atoms with Crippen LogP contribution in [0.2, 0.25) is 19.6 Å². The van der Waals surface area contributed by atoms with Gasteiger partial charge in [0.2, 0.25) is 0 Å². The van der Waals surface area contributed by atoms with Crippen LogP contribution in [0.15, 0.2) is 0 Å². The first kappa shape index (κ1) is 8.12. The second-order valence-corrected chi connectivity index (χ2v) is 10.9. The van der Waals surface area contributed by atoms with E-state index in [0.717, 1.165) is 17.8 Å². The fourth-order valence-corrected chi connectivity index (χ4v) is 4.01. The van der Waals surface area contributed by atoms with Crippen molar-refractivity contribution in [3.8, 4) is 11.5 Å². The summed E-state index contributed by atoms with van der Waals surface area (Å²) in [7, 11) is -1.11. The molecule has 3 aliphatic rings. The fourth-order valence-electron chi connectivity index (χ4n) is 3.42. The van der Waals surface area contributed by atoms with Crippen LogP contribution < -0.4 is 0 Å². The van der Waals surface area contributed by atoms with Gasteiger partial charge in [0, 0.05) is 5.41 Å². The first-order chi connectivity index (χ1) is 6.06. The Morgan fingerprint density at radius 3 is 2.23 bits per heavy atom. The summed E-state index contributed by atoms with van der Waals surface area (Å²) in [4.78, 5) is 0. The minimum atomic E-state index is -1.11. The van der Waals surface area contributed by atoms with Crippen LogP contribution in [0.25, 0.3) is 0 Å². The molecule has 0 N–H and O–H groups in total. The van der Waals surface area contributed by atoms with E-state index in [1.165, 1.54) is 19.3 Å². The molecule has 0 heterocycles. The zero-order valence-electron chi connectivity index (χ0n) is 8.85. The van der Waals surface area contributed by atoms with E-state index >= 15 is 0 Å². The summed E-state index contributed by atoms with van der Waals surface area (Å²) >= 11 is 0. The molecule has 3 rings (SSSR count). The standard InChI is InChI=1S/C12H18Si/c1-13(2,3)8-7-12-9-5-4-6-10(12)11(9)12/h9-11H,4-6H2,1-3H3. The molecular weight excluding hydrogens is 172 g/mol. The number of fused-ring (bicyclic) bond motifs is 2. The van der Waals surface area contributed by atoms with Gasteiger partial charge in [0.05, 0.1) is 0 Å². The molecule has 0 radical (unpaired) electrons. The predicted molar refractivity (Wildman–Crippen MR) is 57.9 cm³/mol. The van der Waals surface area contributed by atoms with Crippen LogP contribution in [0.5, 0.6) is 0 Å². The second kappa shape index (κ2) is 2.06. The average Bonchev–Trinajstić information content (AvgIpc) is 2.89. The lowest BCUT2D eigenvalue weighted by Crippen LogP contribution is -2.19. The van der Waals surface area contributed by atoms with Crippen LogP contribution >= 0.6 is 0 Å². The van der Waals surface area contributed by atoms with Crippen LogP contribution in [0, 0.1) is 34.6 Å². The molecule has 0 amide bonds. The summed E-state index contributed by atoms with van der Waals surface area (Å²) in [6.45, 7) is 7.06. The van der Waals surface area contributed by atoms with Crippen LogP contribution in [0.3, 0.4) is 0 Å². The van der Waals surface area contributed by atoms with Crippen LogP contribution in [0.4, 0.5) is 0 Å². The van der Waals surface area contributed by atoms with Crippen molar-refractivity contribution >= 4 is 8.07 Å². The molecule has 3 aliphatic carbocycles. The zero-order chi connectivity index (χ0) is 9.27. The molecule has 3 saturated carbocycles. The van der Waals surface area contributed by atoms with Crippen molar-refractivity contribution in [3.63, 3.8) is 0 Å². The van der Waals surface area contributed by atoms with Crippen molar-refractivity contribution in [1.29, 1.82) is 0 Å². The Labute approximate surface area is 82.1 Å². The molecule has 3 fully saturated rings. The predicted octanol–water partition coefficient (Wildman–Crippen LogP) is 2.91. The van der Waals surface area contributed by atoms with Crippen molar-refractivity contribution < 1.29 is 0 Å². The van der Waals surface area contributed by atoms with Gasteiger partial charge in [0.25, 0.3) is 0 Å². The summed E-state index contributed by atoms with van der Waals surface area (Å²) in [5.74, 6) is 6.84. The van der Waals surface area contributed by atoms with Gasteiger partial charge in [0.1, 0.15) is 8.07 Å². The van der Waals surface area contributed by atoms with Crippen LogP contribution in [0.1, 0.15) is 19.3 Å². The Morgan fingerprint density at radius 1 is 1.15 bits per heavy atom. The molecule has 0 aliphatic heterocycles. The third kappa shape index (κ3) is 0.931. The number of hydrogen-bond acceptors (Lipinski definition) is 0. The highest BCUT2D eigenvalue weighted by Crippen LogP contribution is 2.88. The molecule has 0 spiro atoms. The summed E-state index contributed by atoms with van der Waals surface area (Å²) in [5.41, 5.74) is 4.19. The average molecular weight is 190 g/mol. The van der Waals surface area contributed by atoms with E-state index in [-0.39, 0.29) is 0 Å². The van der Waals surface area contributed by atoms with E-state index in [1.807, 2.05) is 0 Å². The van der Waals surface area contributed by atoms with Crippen LogP contribution in [-0.2, 0) is 0 Å². The third-order valence-electron chi connectivity index (χ3n) is 4.11. The van der Waals surface area contributed by atoms with E-state index in [9.17, 15) is 0 Å². The molecule has 0 aromatic carbocycles. The Kier molecular flexibility index (Phi) is 1.29. The highest BCUT2D eigenvalue weighted by Gasteiger charge is 2.86. The Hall–Kier alpha value is -0.223. The van der Waals surface area contributed by atoms with Crippen molar-refractivity contribution in [2.24, 2.45) is 23.2 Å². The molecule has 2 atom stereocenters. The normalized spacial score (nSPS) is 50.2. The van der Waals surface area contributed by atoms with Gasteiger partial charge in [-0.3, -0.25) is 0 Å². The van der Waals surface area contributed by atoms with E-state index in [4.69, 9.17) is 0 Å². The quantitative estimate of drug-likeness (QED) is 0.407. The lowest BCUT2D eigenvalue weighted by molar-refractivity contribution is 0.307. The molecule has 2 unspecified atom stereocenters. The Morgan fingerprint density at radius 2 is 1.77 bits per heavy atom. The van der Waals surface area contributed by atoms with Crippen molar-refractivity contribution in [2.45, 2.75) is 38.9 Å². The molecule has 0 bridgehead atoms. The summed E-state index contributed by atoms with van der Waals surface area (Å²) in [6.07, 6.45) is 4.46. The fraction of sp³-hybridized carbons (Fsp3) is 0.833. The third-order valence-corrected chi connectivity index (χ3v) is 4.99. The molecule has 0 nitrogen and oxygen atoms in total. The van der Waals surface area contributed by atoms with Crippen molar-refractivity contribution in [2.75, 3.05) is 0 Å². The molecular formula is C12H18Si. The molecule has 0 aromatic rings. The van der Waals surface area contributed by atoms with Gasteiger partial charge in [-0.05, 0) is 30.6 Å². The Balaban J connectivity index is 1.78. The van der Waals surface area contributed by atoms with Gasteiger partial charge in [-0.25, -0.2) is 0 Å². The van der Waals surface area contributed by atoms with Gasteiger partial charge in [-0.1, -0.05) is 26.1 Å². The van der Waals surface area contributed by atoms with E-state index in [1.54, 1.807) is 0 Å². The summed E-state index contributed by atoms with van der Waals surface area (Å²) in [6, 6.07) is 0. The van der Waals surface area contributed by atoms with E-state index < -0.39 is 8.07 Å². The van der Waals surface area contributed by atoms with Crippen molar-refractivity contribution in [3.05, 3.63) is 0 Å². The second-order valence-electron chi connectivity index (χ2n) is 6.10. The molecule has 1 heteroatoms. The number of rotatable bonds is 0. The molecule has 70 valence electrons. The van der Waals surface area contributed by atoms with Gasteiger partial charge >= 0.3 is 0 Å². The van der Waals surface area contributed by atoms with Gasteiger partial charge in [-0.2, -0.15) is 0 Å². The zero-order valence-corrected chi connectivity index (χ0v) is 9.85. The maximum absolute atomic E-state index is 3.66. The maximum atomic E-state index is 3.66. The minimum absolute atomic E-state index is 0.610. The minimum Gasteiger partial charge on any atom is -0.131 e. The van der Waals surface area contributed by atoms with Gasteiger partial charge < -0.3 is 0 Å². The first-order valence-corrected chi connectivity index (χ1v) is 9.10. The highest BCUT2D eigenvalue weighted by atomic mass is 28.3. The van der Waals surface area contributed by atoms with E-state index in [2.05, 4.69) is 31.1 Å². The van der Waals surface area contributed by atoms with Gasteiger partial charge in [0.15, 0.2) is 0 Å². The highest BCUT2D eigenvalue weighted by molar-refractivity contribution is 6.83. The lowest BCUT2D eigenvalue weighted by Gasteiger charge is -2.21. The maximum Gasteiger partial charge on any atom is 0.129 e. The summed E-state index contributed by atoms with van der Waals surface area (Å²) < 4.78 is 0. The molecule has 0 saturated heterocycles. The monoisotopic (exact) mass is 190 g/mol. The SMILES string of the molecule is C[Si](C)(C)C#CC12C3CCCC1C32. The Bertz CT molecular complexity index is 291. The topological polar surface area (TPSA) is 0 Å². The molecule has 0 aromatic heterocycles.